The number of halogens is 1. The molecule has 0 unspecified atom stereocenters. The molecule has 0 spiro atoms. The molecule has 4 heteroatoms. The molecule has 0 aliphatic carbocycles. The quantitative estimate of drug-likeness (QED) is 0.894. The third kappa shape index (κ3) is 4.51. The van der Waals surface area contributed by atoms with Crippen LogP contribution in [0.1, 0.15) is 35.7 Å². The second kappa shape index (κ2) is 6.92. The van der Waals surface area contributed by atoms with Crippen LogP contribution in [-0.2, 0) is 0 Å². The molecule has 2 rings (SSSR count). The Bertz CT molecular complexity index is 428. The molecular formula is C15H23ClN2O. The fourth-order valence-corrected chi connectivity index (χ4v) is 2.39. The molecule has 0 bridgehead atoms. The maximum absolute atomic E-state index is 12.1. The van der Waals surface area contributed by atoms with E-state index in [-0.39, 0.29) is 23.7 Å². The first-order valence-corrected chi connectivity index (χ1v) is 6.65. The van der Waals surface area contributed by atoms with E-state index in [1.807, 2.05) is 31.2 Å². The van der Waals surface area contributed by atoms with Crippen molar-refractivity contribution in [2.45, 2.75) is 26.7 Å². The maximum Gasteiger partial charge on any atom is 0.251 e. The molecule has 0 saturated carbocycles. The van der Waals surface area contributed by atoms with E-state index in [2.05, 4.69) is 17.6 Å². The van der Waals surface area contributed by atoms with Crippen molar-refractivity contribution in [1.82, 2.24) is 10.6 Å². The van der Waals surface area contributed by atoms with Crippen molar-refractivity contribution in [3.63, 3.8) is 0 Å². The van der Waals surface area contributed by atoms with E-state index < -0.39 is 0 Å². The first kappa shape index (κ1) is 16.0. The predicted molar refractivity (Wildman–Crippen MR) is 81.0 cm³/mol. The van der Waals surface area contributed by atoms with Gasteiger partial charge < -0.3 is 10.6 Å². The summed E-state index contributed by atoms with van der Waals surface area (Å²) < 4.78 is 0. The van der Waals surface area contributed by atoms with Gasteiger partial charge in [-0.05, 0) is 50.4 Å². The molecule has 1 aromatic carbocycles. The highest BCUT2D eigenvalue weighted by atomic mass is 35.5. The van der Waals surface area contributed by atoms with Crippen LogP contribution < -0.4 is 10.6 Å². The zero-order valence-electron chi connectivity index (χ0n) is 11.7. The minimum atomic E-state index is 0. The Labute approximate surface area is 121 Å². The molecule has 1 amide bonds. The van der Waals surface area contributed by atoms with Crippen molar-refractivity contribution in [1.29, 1.82) is 0 Å². The molecule has 2 N–H and O–H groups in total. The normalized spacial score (nSPS) is 17.4. The maximum atomic E-state index is 12.1. The lowest BCUT2D eigenvalue weighted by atomic mass is 9.81. The standard InChI is InChI=1S/C15H22N2O.ClH/c1-12-4-3-5-13(10-12)14(18)17-11-15(2)6-8-16-9-7-15;/h3-5,10,16H,6-9,11H2,1-2H3,(H,17,18);1H. The second-order valence-electron chi connectivity index (χ2n) is 5.61. The molecule has 1 heterocycles. The molecule has 0 atom stereocenters. The molecule has 19 heavy (non-hydrogen) atoms. The fourth-order valence-electron chi connectivity index (χ4n) is 2.39. The van der Waals surface area contributed by atoms with Crippen molar-refractivity contribution in [2.75, 3.05) is 19.6 Å². The Kier molecular flexibility index (Phi) is 5.83. The Morgan fingerprint density at radius 3 is 2.68 bits per heavy atom. The highest BCUT2D eigenvalue weighted by Crippen LogP contribution is 2.26. The number of hydrogen-bond donors (Lipinski definition) is 2. The Morgan fingerprint density at radius 1 is 1.37 bits per heavy atom. The van der Waals surface area contributed by atoms with E-state index in [4.69, 9.17) is 0 Å². The van der Waals surface area contributed by atoms with Gasteiger partial charge >= 0.3 is 0 Å². The van der Waals surface area contributed by atoms with E-state index in [1.54, 1.807) is 0 Å². The first-order valence-electron chi connectivity index (χ1n) is 6.65. The zero-order valence-corrected chi connectivity index (χ0v) is 12.5. The number of piperidine rings is 1. The Hall–Kier alpha value is -1.06. The lowest BCUT2D eigenvalue weighted by Crippen LogP contribution is -2.42. The third-order valence-electron chi connectivity index (χ3n) is 3.77. The summed E-state index contributed by atoms with van der Waals surface area (Å²) in [5, 5.41) is 6.42. The van der Waals surface area contributed by atoms with E-state index in [0.29, 0.717) is 0 Å². The minimum Gasteiger partial charge on any atom is -0.351 e. The van der Waals surface area contributed by atoms with Crippen molar-refractivity contribution in [3.8, 4) is 0 Å². The van der Waals surface area contributed by atoms with Gasteiger partial charge in [-0.1, -0.05) is 24.6 Å². The summed E-state index contributed by atoms with van der Waals surface area (Å²) in [5.41, 5.74) is 2.12. The number of nitrogens with one attached hydrogen (secondary N) is 2. The number of amides is 1. The monoisotopic (exact) mass is 282 g/mol. The molecule has 1 aliphatic rings. The Balaban J connectivity index is 0.00000180. The smallest absolute Gasteiger partial charge is 0.251 e. The Morgan fingerprint density at radius 2 is 2.05 bits per heavy atom. The van der Waals surface area contributed by atoms with Gasteiger partial charge in [-0.3, -0.25) is 4.79 Å². The molecule has 0 radical (unpaired) electrons. The van der Waals surface area contributed by atoms with Crippen LogP contribution in [0, 0.1) is 12.3 Å². The number of benzene rings is 1. The van der Waals surface area contributed by atoms with E-state index in [1.165, 1.54) is 0 Å². The van der Waals surface area contributed by atoms with Crippen LogP contribution in [0.5, 0.6) is 0 Å². The minimum absolute atomic E-state index is 0. The predicted octanol–water partition coefficient (Wildman–Crippen LogP) is 2.54. The van der Waals surface area contributed by atoms with Gasteiger partial charge in [-0.15, -0.1) is 12.4 Å². The van der Waals surface area contributed by atoms with Gasteiger partial charge in [-0.25, -0.2) is 0 Å². The molecule has 0 aromatic heterocycles. The zero-order chi connectivity index (χ0) is 13.0. The summed E-state index contributed by atoms with van der Waals surface area (Å²) in [4.78, 5) is 12.1. The van der Waals surface area contributed by atoms with Crippen molar-refractivity contribution in [2.24, 2.45) is 5.41 Å². The third-order valence-corrected chi connectivity index (χ3v) is 3.77. The molecule has 1 aliphatic heterocycles. The van der Waals surface area contributed by atoms with Gasteiger partial charge in [0.1, 0.15) is 0 Å². The largest absolute Gasteiger partial charge is 0.351 e. The topological polar surface area (TPSA) is 41.1 Å². The molecule has 1 saturated heterocycles. The van der Waals surface area contributed by atoms with Crippen LogP contribution in [0.3, 0.4) is 0 Å². The van der Waals surface area contributed by atoms with Crippen LogP contribution in [0.4, 0.5) is 0 Å². The van der Waals surface area contributed by atoms with E-state index in [9.17, 15) is 4.79 Å². The van der Waals surface area contributed by atoms with Crippen LogP contribution in [0.2, 0.25) is 0 Å². The van der Waals surface area contributed by atoms with Crippen molar-refractivity contribution < 1.29 is 4.79 Å². The van der Waals surface area contributed by atoms with Gasteiger partial charge in [0.25, 0.3) is 5.91 Å². The van der Waals surface area contributed by atoms with Gasteiger partial charge in [0.15, 0.2) is 0 Å². The van der Waals surface area contributed by atoms with E-state index in [0.717, 1.165) is 43.6 Å². The molecule has 1 fully saturated rings. The van der Waals surface area contributed by atoms with Crippen LogP contribution >= 0.6 is 12.4 Å². The van der Waals surface area contributed by atoms with Gasteiger partial charge in [-0.2, -0.15) is 0 Å². The first-order chi connectivity index (χ1) is 8.59. The number of carbonyl (C=O) groups excluding carboxylic acids is 1. The fraction of sp³-hybridized carbons (Fsp3) is 0.533. The summed E-state index contributed by atoms with van der Waals surface area (Å²) >= 11 is 0. The number of carbonyl (C=O) groups is 1. The second-order valence-corrected chi connectivity index (χ2v) is 5.61. The summed E-state index contributed by atoms with van der Waals surface area (Å²) in [6.45, 7) is 7.13. The summed E-state index contributed by atoms with van der Waals surface area (Å²) in [6.07, 6.45) is 2.25. The molecular weight excluding hydrogens is 260 g/mol. The van der Waals surface area contributed by atoms with Crippen molar-refractivity contribution >= 4 is 18.3 Å². The van der Waals surface area contributed by atoms with Gasteiger partial charge in [0, 0.05) is 12.1 Å². The number of hydrogen-bond acceptors (Lipinski definition) is 2. The van der Waals surface area contributed by atoms with Crippen LogP contribution in [-0.4, -0.2) is 25.5 Å². The number of rotatable bonds is 3. The molecule has 1 aromatic rings. The SMILES string of the molecule is Cc1cccc(C(=O)NCC2(C)CCNCC2)c1.Cl. The average Bonchev–Trinajstić information content (AvgIpc) is 2.37. The summed E-state index contributed by atoms with van der Waals surface area (Å²) in [6, 6.07) is 7.73. The molecule has 106 valence electrons. The highest BCUT2D eigenvalue weighted by molar-refractivity contribution is 5.94. The van der Waals surface area contributed by atoms with E-state index >= 15 is 0 Å². The van der Waals surface area contributed by atoms with Crippen LogP contribution in [0.25, 0.3) is 0 Å². The summed E-state index contributed by atoms with van der Waals surface area (Å²) in [5.74, 6) is 0.0402. The lowest BCUT2D eigenvalue weighted by molar-refractivity contribution is 0.0922. The van der Waals surface area contributed by atoms with Crippen LogP contribution in [0.15, 0.2) is 24.3 Å². The molecule has 3 nitrogen and oxygen atoms in total. The lowest BCUT2D eigenvalue weighted by Gasteiger charge is -2.34. The summed E-state index contributed by atoms with van der Waals surface area (Å²) in [7, 11) is 0. The van der Waals surface area contributed by atoms with Gasteiger partial charge in [0.05, 0.1) is 0 Å². The van der Waals surface area contributed by atoms with Crippen molar-refractivity contribution in [3.05, 3.63) is 35.4 Å². The average molecular weight is 283 g/mol. The highest BCUT2D eigenvalue weighted by Gasteiger charge is 2.27. The number of aryl methyl sites for hydroxylation is 1. The van der Waals surface area contributed by atoms with Gasteiger partial charge in [0.2, 0.25) is 0 Å².